The fraction of sp³-hybridized carbons (Fsp3) is 0.214. The average molecular weight is 245 g/mol. The lowest BCUT2D eigenvalue weighted by Crippen LogP contribution is -2.13. The molecule has 1 N–H and O–H groups in total. The van der Waals surface area contributed by atoms with E-state index in [1.807, 2.05) is 26.0 Å². The lowest BCUT2D eigenvalue weighted by molar-refractivity contribution is 0.0996. The molecule has 0 atom stereocenters. The number of aryl methyl sites for hydroxylation is 2. The van der Waals surface area contributed by atoms with Gasteiger partial charge in [0.05, 0.1) is 19.1 Å². The summed E-state index contributed by atoms with van der Waals surface area (Å²) in [6, 6.07) is 7.16. The molecule has 0 aliphatic heterocycles. The van der Waals surface area contributed by atoms with Gasteiger partial charge in [-0.15, -0.1) is 0 Å². The maximum Gasteiger partial charge on any atom is 0.291 e. The number of carbonyl (C=O) groups is 1. The Bertz CT molecular complexity index is 559. The Balaban J connectivity index is 2.31. The predicted molar refractivity (Wildman–Crippen MR) is 69.1 cm³/mol. The smallest absolute Gasteiger partial charge is 0.291 e. The highest BCUT2D eigenvalue weighted by molar-refractivity contribution is 6.03. The van der Waals surface area contributed by atoms with Gasteiger partial charge in [0.25, 0.3) is 5.91 Å². The summed E-state index contributed by atoms with van der Waals surface area (Å²) in [6.45, 7) is 3.90. The number of carbonyl (C=O) groups excluding carboxylic acids is 1. The van der Waals surface area contributed by atoms with Crippen LogP contribution in [0, 0.1) is 13.8 Å². The van der Waals surface area contributed by atoms with Crippen LogP contribution in [-0.4, -0.2) is 13.0 Å². The largest absolute Gasteiger partial charge is 0.495 e. The first-order chi connectivity index (χ1) is 8.61. The van der Waals surface area contributed by atoms with Gasteiger partial charge in [-0.2, -0.15) is 0 Å². The first kappa shape index (κ1) is 12.2. The van der Waals surface area contributed by atoms with Crippen LogP contribution in [0.15, 0.2) is 34.9 Å². The van der Waals surface area contributed by atoms with Crippen molar-refractivity contribution in [1.29, 1.82) is 0 Å². The molecule has 4 heteroatoms. The molecule has 1 amide bonds. The lowest BCUT2D eigenvalue weighted by atomic mass is 10.1. The summed E-state index contributed by atoms with van der Waals surface area (Å²) in [5.74, 6) is 0.634. The fourth-order valence-corrected chi connectivity index (χ4v) is 1.83. The van der Waals surface area contributed by atoms with Crippen LogP contribution < -0.4 is 10.1 Å². The predicted octanol–water partition coefficient (Wildman–Crippen LogP) is 3.16. The zero-order chi connectivity index (χ0) is 13.1. The number of ether oxygens (including phenoxy) is 1. The summed E-state index contributed by atoms with van der Waals surface area (Å²) >= 11 is 0. The second-order valence-electron chi connectivity index (χ2n) is 4.09. The Kier molecular flexibility index (Phi) is 3.37. The number of rotatable bonds is 3. The van der Waals surface area contributed by atoms with Crippen molar-refractivity contribution in [2.45, 2.75) is 13.8 Å². The van der Waals surface area contributed by atoms with Gasteiger partial charge in [-0.25, -0.2) is 0 Å². The molecule has 1 heterocycles. The zero-order valence-electron chi connectivity index (χ0n) is 10.6. The molecule has 1 aromatic carbocycles. The number of nitrogens with one attached hydrogen (secondary N) is 1. The van der Waals surface area contributed by atoms with Gasteiger partial charge in [0.1, 0.15) is 5.75 Å². The van der Waals surface area contributed by atoms with Crippen LogP contribution in [0.3, 0.4) is 0 Å². The van der Waals surface area contributed by atoms with Gasteiger partial charge in [-0.05, 0) is 43.2 Å². The summed E-state index contributed by atoms with van der Waals surface area (Å²) in [6.07, 6.45) is 1.47. The maximum atomic E-state index is 11.9. The van der Waals surface area contributed by atoms with Crippen molar-refractivity contribution in [2.24, 2.45) is 0 Å². The molecule has 4 nitrogen and oxygen atoms in total. The number of anilines is 1. The summed E-state index contributed by atoms with van der Waals surface area (Å²) in [4.78, 5) is 11.9. The molecular weight excluding hydrogens is 230 g/mol. The fourth-order valence-electron chi connectivity index (χ4n) is 1.83. The Morgan fingerprint density at radius 2 is 2.11 bits per heavy atom. The number of benzene rings is 1. The number of hydrogen-bond acceptors (Lipinski definition) is 3. The number of hydrogen-bond donors (Lipinski definition) is 1. The molecule has 94 valence electrons. The molecule has 18 heavy (non-hydrogen) atoms. The summed E-state index contributed by atoms with van der Waals surface area (Å²) < 4.78 is 10.3. The van der Waals surface area contributed by atoms with E-state index in [2.05, 4.69) is 5.32 Å². The topological polar surface area (TPSA) is 51.5 Å². The van der Waals surface area contributed by atoms with E-state index in [1.54, 1.807) is 19.2 Å². The van der Waals surface area contributed by atoms with Crippen LogP contribution in [0.4, 0.5) is 5.69 Å². The van der Waals surface area contributed by atoms with Crippen LogP contribution in [-0.2, 0) is 0 Å². The third-order valence-corrected chi connectivity index (χ3v) is 2.65. The zero-order valence-corrected chi connectivity index (χ0v) is 10.6. The van der Waals surface area contributed by atoms with Crippen LogP contribution in [0.25, 0.3) is 0 Å². The van der Waals surface area contributed by atoms with E-state index in [0.29, 0.717) is 11.4 Å². The van der Waals surface area contributed by atoms with E-state index in [0.717, 1.165) is 11.1 Å². The Morgan fingerprint density at radius 3 is 2.72 bits per heavy atom. The quantitative estimate of drug-likeness (QED) is 0.903. The Hall–Kier alpha value is -2.23. The van der Waals surface area contributed by atoms with Gasteiger partial charge in [0.2, 0.25) is 0 Å². The third-order valence-electron chi connectivity index (χ3n) is 2.65. The normalized spacial score (nSPS) is 10.2. The van der Waals surface area contributed by atoms with Gasteiger partial charge < -0.3 is 14.5 Å². The third kappa shape index (κ3) is 2.37. The molecular formula is C14H15NO3. The van der Waals surface area contributed by atoms with Crippen molar-refractivity contribution in [3.8, 4) is 5.75 Å². The molecule has 2 rings (SSSR count). The second-order valence-corrected chi connectivity index (χ2v) is 4.09. The van der Waals surface area contributed by atoms with Crippen LogP contribution >= 0.6 is 0 Å². The van der Waals surface area contributed by atoms with Crippen molar-refractivity contribution >= 4 is 11.6 Å². The molecule has 0 saturated heterocycles. The molecule has 1 aromatic heterocycles. The second kappa shape index (κ2) is 4.96. The molecule has 0 aliphatic carbocycles. The number of furan rings is 1. The first-order valence-electron chi connectivity index (χ1n) is 5.62. The van der Waals surface area contributed by atoms with E-state index in [-0.39, 0.29) is 11.7 Å². The van der Waals surface area contributed by atoms with Gasteiger partial charge in [0, 0.05) is 0 Å². The minimum Gasteiger partial charge on any atom is -0.495 e. The monoisotopic (exact) mass is 245 g/mol. The molecule has 0 radical (unpaired) electrons. The van der Waals surface area contributed by atoms with E-state index in [9.17, 15) is 4.79 Å². The molecule has 0 aliphatic rings. The van der Waals surface area contributed by atoms with Gasteiger partial charge in [-0.3, -0.25) is 4.79 Å². The van der Waals surface area contributed by atoms with Crippen molar-refractivity contribution in [2.75, 3.05) is 12.4 Å². The molecule has 2 aromatic rings. The standard InChI is InChI=1S/C14H15NO3/c1-9-7-10(2)13(12(8-9)17-3)15-14(16)11-5-4-6-18-11/h4-8H,1-3H3,(H,15,16). The maximum absolute atomic E-state index is 11.9. The van der Waals surface area contributed by atoms with E-state index in [1.165, 1.54) is 6.26 Å². The van der Waals surface area contributed by atoms with Crippen molar-refractivity contribution in [3.63, 3.8) is 0 Å². The minimum atomic E-state index is -0.287. The number of amides is 1. The van der Waals surface area contributed by atoms with Crippen LogP contribution in [0.1, 0.15) is 21.7 Å². The lowest BCUT2D eigenvalue weighted by Gasteiger charge is -2.13. The van der Waals surface area contributed by atoms with Crippen molar-refractivity contribution < 1.29 is 13.9 Å². The Morgan fingerprint density at radius 1 is 1.33 bits per heavy atom. The van der Waals surface area contributed by atoms with E-state index >= 15 is 0 Å². The Labute approximate surface area is 106 Å². The van der Waals surface area contributed by atoms with Gasteiger partial charge in [0.15, 0.2) is 5.76 Å². The van der Waals surface area contributed by atoms with E-state index in [4.69, 9.17) is 9.15 Å². The number of methoxy groups -OCH3 is 1. The highest BCUT2D eigenvalue weighted by atomic mass is 16.5. The molecule has 0 saturated carbocycles. The van der Waals surface area contributed by atoms with Gasteiger partial charge >= 0.3 is 0 Å². The highest BCUT2D eigenvalue weighted by Gasteiger charge is 2.14. The molecule has 0 bridgehead atoms. The summed E-state index contributed by atoms with van der Waals surface area (Å²) in [7, 11) is 1.58. The molecule has 0 spiro atoms. The van der Waals surface area contributed by atoms with Crippen molar-refractivity contribution in [1.82, 2.24) is 0 Å². The molecule has 0 unspecified atom stereocenters. The van der Waals surface area contributed by atoms with Crippen LogP contribution in [0.2, 0.25) is 0 Å². The highest BCUT2D eigenvalue weighted by Crippen LogP contribution is 2.30. The van der Waals surface area contributed by atoms with E-state index < -0.39 is 0 Å². The van der Waals surface area contributed by atoms with Crippen molar-refractivity contribution in [3.05, 3.63) is 47.4 Å². The van der Waals surface area contributed by atoms with Gasteiger partial charge in [-0.1, -0.05) is 6.07 Å². The first-order valence-corrected chi connectivity index (χ1v) is 5.62. The SMILES string of the molecule is COc1cc(C)cc(C)c1NC(=O)c1ccco1. The summed E-state index contributed by atoms with van der Waals surface area (Å²) in [5.41, 5.74) is 2.71. The average Bonchev–Trinajstić information content (AvgIpc) is 2.85. The minimum absolute atomic E-state index is 0.275. The van der Waals surface area contributed by atoms with Crippen LogP contribution in [0.5, 0.6) is 5.75 Å². The summed E-state index contributed by atoms with van der Waals surface area (Å²) in [5, 5.41) is 2.80. The molecule has 0 fully saturated rings.